The van der Waals surface area contributed by atoms with Crippen molar-refractivity contribution in [1.82, 2.24) is 0 Å². The molecule has 0 radical (unpaired) electrons. The molecule has 2 fully saturated rings. The number of rotatable bonds is 18. The summed E-state index contributed by atoms with van der Waals surface area (Å²) >= 11 is 0. The number of benzene rings is 1. The minimum Gasteiger partial charge on any atom is -0.493 e. The second-order valence-corrected chi connectivity index (χ2v) is 12.5. The van der Waals surface area contributed by atoms with E-state index in [0.717, 1.165) is 108 Å². The van der Waals surface area contributed by atoms with Crippen LogP contribution in [0.25, 0.3) is 0 Å². The third-order valence-corrected chi connectivity index (χ3v) is 9.00. The molecule has 0 aromatic heterocycles. The Hall–Kier alpha value is -2.18. The fourth-order valence-electron chi connectivity index (χ4n) is 6.19. The monoisotopic (exact) mass is 592 g/mol. The van der Waals surface area contributed by atoms with Crippen LogP contribution in [0, 0.1) is 5.92 Å². The van der Waals surface area contributed by atoms with Crippen LogP contribution >= 0.6 is 0 Å². The summed E-state index contributed by atoms with van der Waals surface area (Å²) in [6.45, 7) is 4.84. The molecule has 0 N–H and O–H groups in total. The fourth-order valence-corrected chi connectivity index (χ4v) is 6.19. The normalized spacial score (nSPS) is 24.0. The number of hydrogen-bond donors (Lipinski definition) is 0. The predicted molar refractivity (Wildman–Crippen MR) is 162 cm³/mol. The second-order valence-electron chi connectivity index (χ2n) is 12.5. The summed E-state index contributed by atoms with van der Waals surface area (Å²) in [7, 11) is 0. The molecule has 0 bridgehead atoms. The largest absolute Gasteiger partial charge is 0.493 e. The van der Waals surface area contributed by atoms with Crippen molar-refractivity contribution >= 4 is 11.9 Å². The lowest BCUT2D eigenvalue weighted by Crippen LogP contribution is -2.30. The van der Waals surface area contributed by atoms with Crippen LogP contribution in [0.1, 0.15) is 141 Å². The topological polar surface area (TPSA) is 61.8 Å². The van der Waals surface area contributed by atoms with Crippen LogP contribution in [0.15, 0.2) is 24.3 Å². The van der Waals surface area contributed by atoms with Crippen LogP contribution < -0.4 is 4.74 Å². The first-order chi connectivity index (χ1) is 20.4. The number of esters is 2. The first-order valence-corrected chi connectivity index (χ1v) is 16.8. The zero-order valence-corrected chi connectivity index (χ0v) is 26.0. The van der Waals surface area contributed by atoms with Gasteiger partial charge in [0, 0.05) is 0 Å². The number of hydrogen-bond acceptors (Lipinski definition) is 5. The van der Waals surface area contributed by atoms with Gasteiger partial charge in [0.05, 0.1) is 6.61 Å². The van der Waals surface area contributed by atoms with E-state index in [9.17, 15) is 18.4 Å². The number of carbonyl (C=O) groups is 2. The minimum atomic E-state index is -1.50. The van der Waals surface area contributed by atoms with Crippen molar-refractivity contribution in [2.75, 3.05) is 6.61 Å². The molecule has 1 aromatic carbocycles. The zero-order chi connectivity index (χ0) is 30.2. The Bertz CT molecular complexity index is 891. The predicted octanol–water partition coefficient (Wildman–Crippen LogP) is 9.35. The average molecular weight is 593 g/mol. The lowest BCUT2D eigenvalue weighted by Gasteiger charge is -2.29. The smallest absolute Gasteiger partial charge is 0.340 e. The quantitative estimate of drug-likeness (QED) is 0.126. The van der Waals surface area contributed by atoms with Gasteiger partial charge < -0.3 is 14.2 Å². The van der Waals surface area contributed by atoms with E-state index >= 15 is 0 Å². The van der Waals surface area contributed by atoms with Crippen molar-refractivity contribution < 1.29 is 32.6 Å². The van der Waals surface area contributed by atoms with Crippen LogP contribution in [0.3, 0.4) is 0 Å². The highest BCUT2D eigenvalue weighted by Gasteiger charge is 2.29. The summed E-state index contributed by atoms with van der Waals surface area (Å²) in [5, 5.41) is 0. The van der Waals surface area contributed by atoms with Gasteiger partial charge in [-0.1, -0.05) is 64.5 Å². The highest BCUT2D eigenvalue weighted by atomic mass is 19.1. The lowest BCUT2D eigenvalue weighted by molar-refractivity contribution is -0.158. The van der Waals surface area contributed by atoms with Gasteiger partial charge in [-0.05, 0) is 107 Å². The molecule has 2 atom stereocenters. The van der Waals surface area contributed by atoms with Gasteiger partial charge >= 0.3 is 11.9 Å². The summed E-state index contributed by atoms with van der Waals surface area (Å²) in [5.74, 6) is 0.261. The maximum absolute atomic E-state index is 14.2. The van der Waals surface area contributed by atoms with Gasteiger partial charge in [0.1, 0.15) is 18.0 Å². The van der Waals surface area contributed by atoms with Gasteiger partial charge in [0.25, 0.3) is 0 Å². The van der Waals surface area contributed by atoms with Crippen LogP contribution in [0.5, 0.6) is 5.75 Å². The van der Waals surface area contributed by atoms with E-state index in [1.165, 1.54) is 5.56 Å². The molecule has 2 saturated carbocycles. The number of unbranched alkanes of at least 4 members (excludes halogenated alkanes) is 6. The Morgan fingerprint density at radius 3 is 1.64 bits per heavy atom. The standard InChI is InChI=1S/C35H54F2O5/c1-3-5-7-9-11-32(36)34(38)41-30-19-13-26(14-20-30)25-40-29-21-15-27(16-22-29)28-17-23-31(24-18-28)42-35(39)33(37)12-10-8-6-4-2/h15-16,21-22,26,28,30-33H,3-14,17-20,23-25H2,1-2H3/t26?,28?,30?,31?,32?,33-/m0/s1. The summed E-state index contributed by atoms with van der Waals surface area (Å²) in [5.41, 5.74) is 1.25. The maximum atomic E-state index is 14.2. The van der Waals surface area contributed by atoms with Crippen molar-refractivity contribution in [2.45, 2.75) is 160 Å². The van der Waals surface area contributed by atoms with E-state index < -0.39 is 24.3 Å². The van der Waals surface area contributed by atoms with Crippen LogP contribution in [-0.4, -0.2) is 43.1 Å². The summed E-state index contributed by atoms with van der Waals surface area (Å²) in [6.07, 6.45) is 11.5. The molecule has 42 heavy (non-hydrogen) atoms. The molecule has 0 aliphatic heterocycles. The van der Waals surface area contributed by atoms with Gasteiger partial charge in [-0.3, -0.25) is 0 Å². The maximum Gasteiger partial charge on any atom is 0.340 e. The highest BCUT2D eigenvalue weighted by Crippen LogP contribution is 2.35. The molecule has 5 nitrogen and oxygen atoms in total. The molecule has 1 aromatic rings. The van der Waals surface area contributed by atoms with Crippen molar-refractivity contribution in [3.63, 3.8) is 0 Å². The molecule has 0 amide bonds. The Morgan fingerprint density at radius 1 is 0.690 bits per heavy atom. The van der Waals surface area contributed by atoms with Crippen LogP contribution in [0.4, 0.5) is 8.78 Å². The Labute approximate surface area is 252 Å². The Kier molecular flexibility index (Phi) is 15.7. The Morgan fingerprint density at radius 2 is 1.17 bits per heavy atom. The number of halogens is 2. The number of alkyl halides is 2. The highest BCUT2D eigenvalue weighted by molar-refractivity contribution is 5.75. The minimum absolute atomic E-state index is 0.183. The SMILES string of the molecule is CCCCCCC(F)C(=O)OC1CCC(COc2ccc(C3CCC(OC(=O)[C@@H](F)CCCCCC)CC3)cc2)CC1. The third kappa shape index (κ3) is 12.2. The molecule has 3 rings (SSSR count). The van der Waals surface area contributed by atoms with E-state index in [1.54, 1.807) is 0 Å². The van der Waals surface area contributed by atoms with Crippen LogP contribution in [-0.2, 0) is 19.1 Å². The fraction of sp³-hybridized carbons (Fsp3) is 0.771. The Balaban J connectivity index is 1.29. The molecule has 0 spiro atoms. The zero-order valence-electron chi connectivity index (χ0n) is 26.0. The number of ether oxygens (including phenoxy) is 3. The summed E-state index contributed by atoms with van der Waals surface area (Å²) in [4.78, 5) is 24.2. The second kappa shape index (κ2) is 19.2. The van der Waals surface area contributed by atoms with Crippen molar-refractivity contribution in [1.29, 1.82) is 0 Å². The molecule has 2 aliphatic rings. The van der Waals surface area contributed by atoms with Gasteiger partial charge in [-0.15, -0.1) is 0 Å². The molecular formula is C35H54F2O5. The van der Waals surface area contributed by atoms with Crippen molar-refractivity contribution in [3.05, 3.63) is 29.8 Å². The molecule has 238 valence electrons. The van der Waals surface area contributed by atoms with E-state index in [1.807, 2.05) is 12.1 Å². The van der Waals surface area contributed by atoms with Gasteiger partial charge in [0.15, 0.2) is 12.3 Å². The third-order valence-electron chi connectivity index (χ3n) is 9.00. The first-order valence-electron chi connectivity index (χ1n) is 16.8. The summed E-state index contributed by atoms with van der Waals surface area (Å²) < 4.78 is 45.3. The first kappa shape index (κ1) is 34.3. The molecule has 2 aliphatic carbocycles. The lowest BCUT2D eigenvalue weighted by atomic mass is 9.82. The van der Waals surface area contributed by atoms with Crippen molar-refractivity contribution in [3.8, 4) is 5.75 Å². The molecule has 0 saturated heterocycles. The summed E-state index contributed by atoms with van der Waals surface area (Å²) in [6, 6.07) is 8.27. The van der Waals surface area contributed by atoms with Crippen molar-refractivity contribution in [2.24, 2.45) is 5.92 Å². The van der Waals surface area contributed by atoms with Crippen LogP contribution in [0.2, 0.25) is 0 Å². The molecule has 1 unspecified atom stereocenters. The molecular weight excluding hydrogens is 538 g/mol. The van der Waals surface area contributed by atoms with E-state index in [0.29, 0.717) is 18.4 Å². The van der Waals surface area contributed by atoms with E-state index in [-0.39, 0.29) is 25.0 Å². The van der Waals surface area contributed by atoms with Gasteiger partial charge in [-0.25, -0.2) is 18.4 Å². The molecule has 0 heterocycles. The van der Waals surface area contributed by atoms with Gasteiger partial charge in [-0.2, -0.15) is 0 Å². The van der Waals surface area contributed by atoms with E-state index in [4.69, 9.17) is 14.2 Å². The van der Waals surface area contributed by atoms with Gasteiger partial charge in [0.2, 0.25) is 0 Å². The molecule has 7 heteroatoms. The van der Waals surface area contributed by atoms with E-state index in [2.05, 4.69) is 26.0 Å². The number of carbonyl (C=O) groups excluding carboxylic acids is 2. The average Bonchev–Trinajstić information content (AvgIpc) is 3.01.